The van der Waals surface area contributed by atoms with Gasteiger partial charge in [0.15, 0.2) is 0 Å². The molecule has 20 heavy (non-hydrogen) atoms. The first-order chi connectivity index (χ1) is 9.81. The van der Waals surface area contributed by atoms with E-state index in [1.165, 1.54) is 0 Å². The molecule has 4 rings (SSSR count). The molecule has 0 amide bonds. The lowest BCUT2D eigenvalue weighted by atomic mass is 10.1. The molecule has 0 unspecified atom stereocenters. The molecule has 0 saturated heterocycles. The summed E-state index contributed by atoms with van der Waals surface area (Å²) < 4.78 is 1.11. The Kier molecular flexibility index (Phi) is 2.44. The molecule has 96 valence electrons. The van der Waals surface area contributed by atoms with Crippen LogP contribution in [-0.4, -0.2) is 9.97 Å². The Hall–Kier alpha value is -2.46. The van der Waals surface area contributed by atoms with Crippen LogP contribution in [0.15, 0.2) is 54.7 Å². The summed E-state index contributed by atoms with van der Waals surface area (Å²) in [4.78, 5) is 9.10. The van der Waals surface area contributed by atoms with E-state index in [9.17, 15) is 0 Å². The Morgan fingerprint density at radius 2 is 1.85 bits per heavy atom. The van der Waals surface area contributed by atoms with Gasteiger partial charge in [-0.3, -0.25) is 4.98 Å². The largest absolute Gasteiger partial charge is 0.399 e. The maximum absolute atomic E-state index is 5.83. The average molecular weight is 277 g/mol. The van der Waals surface area contributed by atoms with Gasteiger partial charge in [0.25, 0.3) is 0 Å². The van der Waals surface area contributed by atoms with Gasteiger partial charge < -0.3 is 5.73 Å². The highest BCUT2D eigenvalue weighted by atomic mass is 32.1. The Bertz CT molecular complexity index is 922. The highest BCUT2D eigenvalue weighted by Gasteiger charge is 2.09. The van der Waals surface area contributed by atoms with E-state index in [2.05, 4.69) is 11.1 Å². The third kappa shape index (κ3) is 1.73. The van der Waals surface area contributed by atoms with Crippen molar-refractivity contribution in [2.45, 2.75) is 0 Å². The summed E-state index contributed by atoms with van der Waals surface area (Å²) in [5, 5.41) is 2.13. The molecule has 0 saturated carbocycles. The Labute approximate surface area is 119 Å². The van der Waals surface area contributed by atoms with Gasteiger partial charge >= 0.3 is 0 Å². The van der Waals surface area contributed by atoms with Gasteiger partial charge in [-0.15, -0.1) is 11.3 Å². The molecule has 3 nitrogen and oxygen atoms in total. The fourth-order valence-electron chi connectivity index (χ4n) is 2.34. The number of nitrogens with two attached hydrogens (primary N) is 1. The van der Waals surface area contributed by atoms with Crippen LogP contribution in [-0.2, 0) is 0 Å². The number of hydrogen-bond acceptors (Lipinski definition) is 4. The van der Waals surface area contributed by atoms with Gasteiger partial charge in [-0.2, -0.15) is 0 Å². The standard InChI is InChI=1S/C16H11N3S/c17-10-5-6-14-15(9-10)20-16(19-14)12-7-8-18-13-4-2-1-3-11(12)13/h1-9H,17H2. The van der Waals surface area contributed by atoms with E-state index in [-0.39, 0.29) is 0 Å². The summed E-state index contributed by atoms with van der Waals surface area (Å²) >= 11 is 1.66. The van der Waals surface area contributed by atoms with Gasteiger partial charge in [0.2, 0.25) is 0 Å². The third-order valence-corrected chi connectivity index (χ3v) is 4.34. The van der Waals surface area contributed by atoms with Gasteiger partial charge in [0, 0.05) is 22.8 Å². The fourth-order valence-corrected chi connectivity index (χ4v) is 3.39. The number of pyridine rings is 1. The molecule has 2 N–H and O–H groups in total. The second kappa shape index (κ2) is 4.28. The second-order valence-electron chi connectivity index (χ2n) is 4.62. The van der Waals surface area contributed by atoms with Crippen molar-refractivity contribution in [3.63, 3.8) is 0 Å². The zero-order valence-corrected chi connectivity index (χ0v) is 11.4. The number of hydrogen-bond donors (Lipinski definition) is 1. The van der Waals surface area contributed by atoms with Crippen molar-refractivity contribution >= 4 is 38.1 Å². The Balaban J connectivity index is 2.01. The van der Waals surface area contributed by atoms with E-state index in [0.717, 1.165) is 37.4 Å². The monoisotopic (exact) mass is 277 g/mol. The molecule has 0 radical (unpaired) electrons. The number of anilines is 1. The zero-order chi connectivity index (χ0) is 13.5. The van der Waals surface area contributed by atoms with Crippen molar-refractivity contribution in [1.82, 2.24) is 9.97 Å². The Morgan fingerprint density at radius 1 is 0.950 bits per heavy atom. The minimum absolute atomic E-state index is 0.771. The molecule has 4 aromatic rings. The highest BCUT2D eigenvalue weighted by molar-refractivity contribution is 7.21. The Morgan fingerprint density at radius 3 is 2.80 bits per heavy atom. The molecule has 0 atom stereocenters. The minimum atomic E-state index is 0.771. The van der Waals surface area contributed by atoms with E-state index >= 15 is 0 Å². The maximum Gasteiger partial charge on any atom is 0.125 e. The summed E-state index contributed by atoms with van der Waals surface area (Å²) in [6.45, 7) is 0. The van der Waals surface area contributed by atoms with Crippen LogP contribution in [0, 0.1) is 0 Å². The summed E-state index contributed by atoms with van der Waals surface area (Å²) in [6.07, 6.45) is 1.83. The number of nitrogens with zero attached hydrogens (tertiary/aromatic N) is 2. The van der Waals surface area contributed by atoms with Crippen molar-refractivity contribution in [2.75, 3.05) is 5.73 Å². The lowest BCUT2D eigenvalue weighted by molar-refractivity contribution is 1.40. The molecule has 2 heterocycles. The van der Waals surface area contributed by atoms with Crippen molar-refractivity contribution in [1.29, 1.82) is 0 Å². The quantitative estimate of drug-likeness (QED) is 0.533. The zero-order valence-electron chi connectivity index (χ0n) is 10.6. The molecular formula is C16H11N3S. The molecule has 0 fully saturated rings. The SMILES string of the molecule is Nc1ccc2nc(-c3ccnc4ccccc34)sc2c1. The second-order valence-corrected chi connectivity index (χ2v) is 5.65. The molecular weight excluding hydrogens is 266 g/mol. The lowest BCUT2D eigenvalue weighted by Gasteiger charge is -2.01. The predicted molar refractivity (Wildman–Crippen MR) is 84.8 cm³/mol. The predicted octanol–water partition coefficient (Wildman–Crippen LogP) is 4.09. The molecule has 2 aromatic heterocycles. The molecule has 0 spiro atoms. The summed E-state index contributed by atoms with van der Waals surface area (Å²) in [5.74, 6) is 0. The van der Waals surface area contributed by atoms with Crippen LogP contribution in [0.1, 0.15) is 0 Å². The first kappa shape index (κ1) is 11.4. The number of thiazole rings is 1. The van der Waals surface area contributed by atoms with E-state index in [4.69, 9.17) is 10.7 Å². The maximum atomic E-state index is 5.83. The average Bonchev–Trinajstić information content (AvgIpc) is 2.89. The summed E-state index contributed by atoms with van der Waals surface area (Å²) in [5.41, 5.74) is 9.70. The molecule has 2 aromatic carbocycles. The minimum Gasteiger partial charge on any atom is -0.399 e. The van der Waals surface area contributed by atoms with E-state index in [1.54, 1.807) is 11.3 Å². The van der Waals surface area contributed by atoms with Gasteiger partial charge in [0.05, 0.1) is 15.7 Å². The topological polar surface area (TPSA) is 51.8 Å². The van der Waals surface area contributed by atoms with Gasteiger partial charge in [-0.1, -0.05) is 18.2 Å². The summed E-state index contributed by atoms with van der Waals surface area (Å²) in [6, 6.07) is 16.0. The van der Waals surface area contributed by atoms with Crippen LogP contribution in [0.4, 0.5) is 5.69 Å². The van der Waals surface area contributed by atoms with Crippen LogP contribution in [0.5, 0.6) is 0 Å². The van der Waals surface area contributed by atoms with Crippen molar-refractivity contribution < 1.29 is 0 Å². The summed E-state index contributed by atoms with van der Waals surface area (Å²) in [7, 11) is 0. The lowest BCUT2D eigenvalue weighted by Crippen LogP contribution is -1.83. The smallest absolute Gasteiger partial charge is 0.125 e. The molecule has 0 aliphatic heterocycles. The van der Waals surface area contributed by atoms with Gasteiger partial charge in [-0.05, 0) is 30.3 Å². The van der Waals surface area contributed by atoms with E-state index in [0.29, 0.717) is 0 Å². The third-order valence-electron chi connectivity index (χ3n) is 3.29. The molecule has 0 aliphatic carbocycles. The number of aromatic nitrogens is 2. The highest BCUT2D eigenvalue weighted by Crippen LogP contribution is 2.34. The molecule has 0 bridgehead atoms. The van der Waals surface area contributed by atoms with Gasteiger partial charge in [-0.25, -0.2) is 4.98 Å². The first-order valence-corrected chi connectivity index (χ1v) is 7.13. The van der Waals surface area contributed by atoms with Crippen LogP contribution >= 0.6 is 11.3 Å². The molecule has 4 heteroatoms. The number of nitrogen functional groups attached to an aromatic ring is 1. The van der Waals surface area contributed by atoms with Crippen molar-refractivity contribution in [3.8, 4) is 10.6 Å². The number of fused-ring (bicyclic) bond motifs is 2. The van der Waals surface area contributed by atoms with Gasteiger partial charge in [0.1, 0.15) is 5.01 Å². The normalized spacial score (nSPS) is 11.2. The van der Waals surface area contributed by atoms with Crippen molar-refractivity contribution in [3.05, 3.63) is 54.7 Å². The van der Waals surface area contributed by atoms with E-state index in [1.807, 2.05) is 48.7 Å². The molecule has 0 aliphatic rings. The van der Waals surface area contributed by atoms with Crippen LogP contribution in [0.3, 0.4) is 0 Å². The number of para-hydroxylation sites is 1. The number of benzene rings is 2. The number of rotatable bonds is 1. The van der Waals surface area contributed by atoms with Crippen LogP contribution in [0.25, 0.3) is 31.7 Å². The van der Waals surface area contributed by atoms with Crippen molar-refractivity contribution in [2.24, 2.45) is 0 Å². The van der Waals surface area contributed by atoms with Crippen LogP contribution in [0.2, 0.25) is 0 Å². The van der Waals surface area contributed by atoms with E-state index < -0.39 is 0 Å². The fraction of sp³-hybridized carbons (Fsp3) is 0. The van der Waals surface area contributed by atoms with Crippen LogP contribution < -0.4 is 5.73 Å². The first-order valence-electron chi connectivity index (χ1n) is 6.31.